The summed E-state index contributed by atoms with van der Waals surface area (Å²) >= 11 is 0. The molecule has 0 bridgehead atoms. The van der Waals surface area contributed by atoms with Crippen LogP contribution in [0.3, 0.4) is 0 Å². The van der Waals surface area contributed by atoms with Crippen LogP contribution in [0.5, 0.6) is 5.75 Å². The Morgan fingerprint density at radius 3 is 2.34 bits per heavy atom. The number of aliphatic hydroxyl groups excluding tert-OH is 1. The number of non-ortho nitro benzene ring substituents is 1. The Balaban J connectivity index is 0.00000676. The van der Waals surface area contributed by atoms with Gasteiger partial charge in [0, 0.05) is 30.9 Å². The summed E-state index contributed by atoms with van der Waals surface area (Å²) in [5.41, 5.74) is -1.67. The molecule has 2 atom stereocenters. The SMILES string of the molecule is COC(=O)C1=C(C(F)(F)F)NC(C)=C(C(=O)OCCCc2ccc(OCCNCC(O)c3ccccc3)cc2)C1c1cccc([N+](=O)[O-])c1.Cl. The van der Waals surface area contributed by atoms with Gasteiger partial charge in [0.1, 0.15) is 18.1 Å². The minimum Gasteiger partial charge on any atom is -0.492 e. The maximum Gasteiger partial charge on any atom is 0.431 e. The lowest BCUT2D eigenvalue weighted by Crippen LogP contribution is -2.38. The van der Waals surface area contributed by atoms with Gasteiger partial charge in [0.2, 0.25) is 0 Å². The number of hydrogen-bond acceptors (Lipinski definition) is 10. The number of aliphatic hydroxyl groups is 1. The highest BCUT2D eigenvalue weighted by molar-refractivity contribution is 6.00. The third-order valence-corrected chi connectivity index (χ3v) is 7.72. The number of alkyl halides is 3. The van der Waals surface area contributed by atoms with E-state index in [0.29, 0.717) is 38.3 Å². The van der Waals surface area contributed by atoms with Crippen LogP contribution in [0.25, 0.3) is 0 Å². The van der Waals surface area contributed by atoms with Gasteiger partial charge in [0.15, 0.2) is 0 Å². The number of carbonyl (C=O) groups is 2. The molecule has 1 aliphatic heterocycles. The van der Waals surface area contributed by atoms with Crippen molar-refractivity contribution in [3.63, 3.8) is 0 Å². The number of aryl methyl sites for hydroxylation is 1. The number of allylic oxidation sites excluding steroid dienone is 2. The van der Waals surface area contributed by atoms with E-state index in [1.54, 1.807) is 12.1 Å². The van der Waals surface area contributed by atoms with Crippen LogP contribution in [0.4, 0.5) is 18.9 Å². The molecule has 4 rings (SSSR count). The van der Waals surface area contributed by atoms with E-state index in [0.717, 1.165) is 30.4 Å². The molecule has 50 heavy (non-hydrogen) atoms. The summed E-state index contributed by atoms with van der Waals surface area (Å²) in [6, 6.07) is 21.3. The van der Waals surface area contributed by atoms with Crippen LogP contribution in [0.1, 0.15) is 42.1 Å². The van der Waals surface area contributed by atoms with Gasteiger partial charge in [-0.05, 0) is 48.6 Å². The van der Waals surface area contributed by atoms with Crippen LogP contribution in [-0.4, -0.2) is 61.6 Å². The van der Waals surface area contributed by atoms with Crippen molar-refractivity contribution in [2.45, 2.75) is 38.0 Å². The number of hydrogen-bond donors (Lipinski definition) is 3. The molecule has 1 aliphatic rings. The summed E-state index contributed by atoms with van der Waals surface area (Å²) in [4.78, 5) is 36.9. The molecule has 3 aromatic carbocycles. The molecule has 2 unspecified atom stereocenters. The molecular formula is C35H37ClF3N3O8. The van der Waals surface area contributed by atoms with Crippen molar-refractivity contribution in [1.29, 1.82) is 0 Å². The summed E-state index contributed by atoms with van der Waals surface area (Å²) in [7, 11) is 0.896. The van der Waals surface area contributed by atoms with Crippen molar-refractivity contribution in [2.75, 3.05) is 33.4 Å². The molecule has 0 spiro atoms. The number of nitro benzene ring substituents is 1. The lowest BCUT2D eigenvalue weighted by molar-refractivity contribution is -0.384. The first-order valence-electron chi connectivity index (χ1n) is 15.3. The zero-order chi connectivity index (χ0) is 35.6. The fourth-order valence-electron chi connectivity index (χ4n) is 5.35. The van der Waals surface area contributed by atoms with Gasteiger partial charge in [-0.15, -0.1) is 12.4 Å². The van der Waals surface area contributed by atoms with Crippen molar-refractivity contribution in [2.24, 2.45) is 0 Å². The first-order chi connectivity index (χ1) is 23.4. The van der Waals surface area contributed by atoms with Crippen LogP contribution in [0, 0.1) is 10.1 Å². The van der Waals surface area contributed by atoms with Gasteiger partial charge in [-0.1, -0.05) is 54.6 Å². The molecule has 0 fully saturated rings. The van der Waals surface area contributed by atoms with Crippen LogP contribution in [0.2, 0.25) is 0 Å². The van der Waals surface area contributed by atoms with Gasteiger partial charge >= 0.3 is 18.1 Å². The van der Waals surface area contributed by atoms with Gasteiger partial charge in [-0.25, -0.2) is 9.59 Å². The zero-order valence-corrected chi connectivity index (χ0v) is 28.0. The number of dihydropyridines is 1. The lowest BCUT2D eigenvalue weighted by Gasteiger charge is -2.31. The Hall–Kier alpha value is -4.92. The molecule has 11 nitrogen and oxygen atoms in total. The fourth-order valence-corrected chi connectivity index (χ4v) is 5.35. The first kappa shape index (κ1) is 39.5. The van der Waals surface area contributed by atoms with Gasteiger partial charge < -0.3 is 30.0 Å². The van der Waals surface area contributed by atoms with Crippen LogP contribution in [0.15, 0.2) is 101 Å². The van der Waals surface area contributed by atoms with E-state index < -0.39 is 52.0 Å². The number of methoxy groups -OCH3 is 1. The van der Waals surface area contributed by atoms with Crippen molar-refractivity contribution in [3.05, 3.63) is 128 Å². The molecule has 0 aromatic heterocycles. The maximum atomic E-state index is 14.1. The minimum atomic E-state index is -5.04. The molecule has 0 amide bonds. The van der Waals surface area contributed by atoms with Crippen LogP contribution >= 0.6 is 12.4 Å². The molecule has 3 N–H and O–H groups in total. The second-order valence-electron chi connectivity index (χ2n) is 11.1. The van der Waals surface area contributed by atoms with Crippen molar-refractivity contribution >= 4 is 30.0 Å². The molecule has 0 radical (unpaired) electrons. The monoisotopic (exact) mass is 719 g/mol. The molecule has 1 heterocycles. The number of carbonyl (C=O) groups excluding carboxylic acids is 2. The molecular weight excluding hydrogens is 683 g/mol. The van der Waals surface area contributed by atoms with E-state index in [-0.39, 0.29) is 35.8 Å². The van der Waals surface area contributed by atoms with Crippen LogP contribution < -0.4 is 15.4 Å². The number of nitrogens with zero attached hydrogens (tertiary/aromatic N) is 1. The average molecular weight is 720 g/mol. The first-order valence-corrected chi connectivity index (χ1v) is 15.3. The Bertz CT molecular complexity index is 1700. The summed E-state index contributed by atoms with van der Waals surface area (Å²) in [5.74, 6) is -3.36. The van der Waals surface area contributed by atoms with Crippen molar-refractivity contribution in [1.82, 2.24) is 10.6 Å². The van der Waals surface area contributed by atoms with Gasteiger partial charge in [0.25, 0.3) is 5.69 Å². The predicted molar refractivity (Wildman–Crippen MR) is 180 cm³/mol. The number of nitro groups is 1. The number of esters is 2. The van der Waals surface area contributed by atoms with Gasteiger partial charge in [-0.2, -0.15) is 13.2 Å². The smallest absolute Gasteiger partial charge is 0.431 e. The van der Waals surface area contributed by atoms with Gasteiger partial charge in [-0.3, -0.25) is 10.1 Å². The predicted octanol–water partition coefficient (Wildman–Crippen LogP) is 5.84. The Morgan fingerprint density at radius 1 is 1.00 bits per heavy atom. The van der Waals surface area contributed by atoms with Crippen LogP contribution in [-0.2, 0) is 25.5 Å². The Labute approximate surface area is 292 Å². The zero-order valence-electron chi connectivity index (χ0n) is 27.2. The van der Waals surface area contributed by atoms with Gasteiger partial charge in [0.05, 0.1) is 41.8 Å². The summed E-state index contributed by atoms with van der Waals surface area (Å²) < 4.78 is 58.1. The molecule has 0 saturated carbocycles. The lowest BCUT2D eigenvalue weighted by atomic mass is 9.80. The van der Waals surface area contributed by atoms with E-state index in [2.05, 4.69) is 15.4 Å². The number of rotatable bonds is 15. The minimum absolute atomic E-state index is 0. The number of halogens is 4. The highest BCUT2D eigenvalue weighted by Gasteiger charge is 2.47. The molecule has 268 valence electrons. The average Bonchev–Trinajstić information content (AvgIpc) is 3.09. The highest BCUT2D eigenvalue weighted by atomic mass is 35.5. The summed E-state index contributed by atoms with van der Waals surface area (Å²) in [6.07, 6.45) is -4.79. The van der Waals surface area contributed by atoms with Crippen molar-refractivity contribution < 1.29 is 47.0 Å². The summed E-state index contributed by atoms with van der Waals surface area (Å²) in [5, 5.41) is 26.9. The normalized spacial score (nSPS) is 15.0. The van der Waals surface area contributed by atoms with Crippen molar-refractivity contribution in [3.8, 4) is 5.75 Å². The Kier molecular flexibility index (Phi) is 14.4. The molecule has 0 saturated heterocycles. The third kappa shape index (κ3) is 10.3. The molecule has 3 aromatic rings. The third-order valence-electron chi connectivity index (χ3n) is 7.72. The molecule has 15 heteroatoms. The quantitative estimate of drug-likeness (QED) is 0.0757. The Morgan fingerprint density at radius 2 is 1.70 bits per heavy atom. The highest BCUT2D eigenvalue weighted by Crippen LogP contribution is 2.44. The van der Waals surface area contributed by atoms with E-state index in [9.17, 15) is 38.0 Å². The topological polar surface area (TPSA) is 149 Å². The van der Waals surface area contributed by atoms with E-state index >= 15 is 0 Å². The standard InChI is InChI=1S/C35H36F3N3O8.ClH/c1-22-29(30(25-11-6-12-26(20-25)41(45)46)31(33(43)47-2)32(40-22)35(36,37)38)34(44)49-18-7-8-23-13-15-27(16-14-23)48-19-17-39-21-28(42)24-9-4-3-5-10-24;/h3-6,9-16,20,28,30,39-40,42H,7-8,17-19,21H2,1-2H3;1H. The number of benzene rings is 3. The number of ether oxygens (including phenoxy) is 3. The van der Waals surface area contributed by atoms with E-state index in [4.69, 9.17) is 9.47 Å². The largest absolute Gasteiger partial charge is 0.492 e. The fraction of sp³-hybridized carbons (Fsp3) is 0.314. The van der Waals surface area contributed by atoms with E-state index in [1.807, 2.05) is 42.5 Å². The maximum absolute atomic E-state index is 14.1. The number of nitrogens with one attached hydrogen (secondary N) is 2. The van der Waals surface area contributed by atoms with E-state index in [1.165, 1.54) is 19.1 Å². The second kappa shape index (κ2) is 18.2. The second-order valence-corrected chi connectivity index (χ2v) is 11.1. The summed E-state index contributed by atoms with van der Waals surface area (Å²) in [6.45, 7) is 2.43. The molecule has 0 aliphatic carbocycles.